The van der Waals surface area contributed by atoms with Crippen LogP contribution in [-0.4, -0.2) is 36.8 Å². The zero-order valence-electron chi connectivity index (χ0n) is 11.0. The molecule has 1 aliphatic carbocycles. The summed E-state index contributed by atoms with van der Waals surface area (Å²) in [4.78, 5) is 0. The van der Waals surface area contributed by atoms with Crippen LogP contribution in [0.15, 0.2) is 0 Å². The van der Waals surface area contributed by atoms with Gasteiger partial charge < -0.3 is 10.1 Å². The Morgan fingerprint density at radius 1 is 1.38 bits per heavy atom. The summed E-state index contributed by atoms with van der Waals surface area (Å²) in [6, 6.07) is 0.729. The molecule has 0 aliphatic heterocycles. The Hall–Kier alpha value is 0.270. The molecule has 2 unspecified atom stereocenters. The van der Waals surface area contributed by atoms with Gasteiger partial charge in [0.25, 0.3) is 0 Å². The van der Waals surface area contributed by atoms with Gasteiger partial charge in [-0.25, -0.2) is 0 Å². The second kappa shape index (κ2) is 8.37. The molecule has 1 saturated carbocycles. The lowest BCUT2D eigenvalue weighted by atomic mass is 10.2. The molecule has 0 heterocycles. The van der Waals surface area contributed by atoms with E-state index in [4.69, 9.17) is 4.74 Å². The molecule has 2 atom stereocenters. The van der Waals surface area contributed by atoms with E-state index < -0.39 is 0 Å². The van der Waals surface area contributed by atoms with Crippen LogP contribution in [-0.2, 0) is 4.74 Å². The Morgan fingerprint density at radius 3 is 2.88 bits per heavy atom. The Morgan fingerprint density at radius 2 is 2.19 bits per heavy atom. The molecule has 0 saturated heterocycles. The lowest BCUT2D eigenvalue weighted by Crippen LogP contribution is -2.36. The van der Waals surface area contributed by atoms with Crippen LogP contribution in [0.2, 0.25) is 0 Å². The molecule has 0 spiro atoms. The van der Waals surface area contributed by atoms with Crippen LogP contribution in [0.3, 0.4) is 0 Å². The maximum Gasteiger partial charge on any atom is 0.0591 e. The highest BCUT2D eigenvalue weighted by Gasteiger charge is 2.26. The SMILES string of the molecule is CCSC1CCCC1NCCOCC(C)C. The van der Waals surface area contributed by atoms with E-state index in [-0.39, 0.29) is 0 Å². The zero-order valence-corrected chi connectivity index (χ0v) is 11.8. The van der Waals surface area contributed by atoms with E-state index in [0.29, 0.717) is 5.92 Å². The number of hydrogen-bond acceptors (Lipinski definition) is 3. The lowest BCUT2D eigenvalue weighted by molar-refractivity contribution is 0.110. The normalized spacial score (nSPS) is 25.5. The van der Waals surface area contributed by atoms with Crippen molar-refractivity contribution in [3.05, 3.63) is 0 Å². The van der Waals surface area contributed by atoms with Crippen molar-refractivity contribution in [1.82, 2.24) is 5.32 Å². The third kappa shape index (κ3) is 5.55. The number of ether oxygens (including phenoxy) is 1. The molecule has 0 bridgehead atoms. The Labute approximate surface area is 105 Å². The molecule has 16 heavy (non-hydrogen) atoms. The summed E-state index contributed by atoms with van der Waals surface area (Å²) in [5.41, 5.74) is 0. The third-order valence-electron chi connectivity index (χ3n) is 2.94. The molecule has 1 N–H and O–H groups in total. The van der Waals surface area contributed by atoms with Crippen molar-refractivity contribution < 1.29 is 4.74 Å². The van der Waals surface area contributed by atoms with Crippen LogP contribution in [0.5, 0.6) is 0 Å². The second-order valence-corrected chi connectivity index (χ2v) is 6.47. The summed E-state index contributed by atoms with van der Waals surface area (Å²) in [7, 11) is 0. The van der Waals surface area contributed by atoms with Gasteiger partial charge in [-0.2, -0.15) is 11.8 Å². The van der Waals surface area contributed by atoms with Gasteiger partial charge in [-0.1, -0.05) is 27.2 Å². The minimum atomic E-state index is 0.648. The van der Waals surface area contributed by atoms with Gasteiger partial charge in [-0.3, -0.25) is 0 Å². The maximum atomic E-state index is 5.58. The molecule has 0 aromatic carbocycles. The highest BCUT2D eigenvalue weighted by atomic mass is 32.2. The monoisotopic (exact) mass is 245 g/mol. The van der Waals surface area contributed by atoms with Crippen molar-refractivity contribution in [1.29, 1.82) is 0 Å². The molecule has 3 heteroatoms. The first-order chi connectivity index (χ1) is 7.74. The van der Waals surface area contributed by atoms with Gasteiger partial charge in [0.1, 0.15) is 0 Å². The van der Waals surface area contributed by atoms with Crippen LogP contribution in [0.4, 0.5) is 0 Å². The molecule has 0 aromatic rings. The summed E-state index contributed by atoms with van der Waals surface area (Å²) in [5.74, 6) is 1.89. The van der Waals surface area contributed by atoms with Crippen molar-refractivity contribution in [3.8, 4) is 0 Å². The Kier molecular flexibility index (Phi) is 7.50. The minimum absolute atomic E-state index is 0.648. The standard InChI is InChI=1S/C13H27NOS/c1-4-16-13-7-5-6-12(13)14-8-9-15-10-11(2)3/h11-14H,4-10H2,1-3H3. The molecule has 0 radical (unpaired) electrons. The first-order valence-corrected chi connectivity index (χ1v) is 7.71. The van der Waals surface area contributed by atoms with Crippen LogP contribution >= 0.6 is 11.8 Å². The van der Waals surface area contributed by atoms with Crippen LogP contribution in [0.25, 0.3) is 0 Å². The number of rotatable bonds is 8. The predicted octanol–water partition coefficient (Wildman–Crippen LogP) is 2.92. The van der Waals surface area contributed by atoms with Gasteiger partial charge in [0.2, 0.25) is 0 Å². The molecular weight excluding hydrogens is 218 g/mol. The van der Waals surface area contributed by atoms with E-state index in [0.717, 1.165) is 31.1 Å². The van der Waals surface area contributed by atoms with Gasteiger partial charge in [0.05, 0.1) is 6.61 Å². The molecule has 96 valence electrons. The fourth-order valence-electron chi connectivity index (χ4n) is 2.21. The molecule has 0 amide bonds. The molecule has 2 nitrogen and oxygen atoms in total. The first-order valence-electron chi connectivity index (χ1n) is 6.66. The Bertz CT molecular complexity index is 175. The molecule has 1 aliphatic rings. The largest absolute Gasteiger partial charge is 0.380 e. The van der Waals surface area contributed by atoms with Gasteiger partial charge >= 0.3 is 0 Å². The van der Waals surface area contributed by atoms with Crippen LogP contribution < -0.4 is 5.32 Å². The highest BCUT2D eigenvalue weighted by molar-refractivity contribution is 7.99. The zero-order chi connectivity index (χ0) is 11.8. The summed E-state index contributed by atoms with van der Waals surface area (Å²) in [6.07, 6.45) is 4.13. The second-order valence-electron chi connectivity index (χ2n) is 4.95. The molecular formula is C13H27NOS. The third-order valence-corrected chi connectivity index (χ3v) is 4.26. The average Bonchev–Trinajstić information content (AvgIpc) is 2.65. The topological polar surface area (TPSA) is 21.3 Å². The smallest absolute Gasteiger partial charge is 0.0591 e. The fourth-order valence-corrected chi connectivity index (χ4v) is 3.43. The van der Waals surface area contributed by atoms with Crippen LogP contribution in [0, 0.1) is 5.92 Å². The van der Waals surface area contributed by atoms with E-state index in [9.17, 15) is 0 Å². The van der Waals surface area contributed by atoms with E-state index in [1.165, 1.54) is 25.0 Å². The van der Waals surface area contributed by atoms with Crippen LogP contribution in [0.1, 0.15) is 40.0 Å². The summed E-state index contributed by atoms with van der Waals surface area (Å²) in [5, 5.41) is 4.49. The molecule has 1 fully saturated rings. The fraction of sp³-hybridized carbons (Fsp3) is 1.00. The summed E-state index contributed by atoms with van der Waals surface area (Å²) in [6.45, 7) is 9.40. The molecule has 1 rings (SSSR count). The van der Waals surface area contributed by atoms with Crippen molar-refractivity contribution in [3.63, 3.8) is 0 Å². The van der Waals surface area contributed by atoms with Gasteiger partial charge in [0.15, 0.2) is 0 Å². The average molecular weight is 245 g/mol. The number of hydrogen-bond donors (Lipinski definition) is 1. The minimum Gasteiger partial charge on any atom is -0.380 e. The van der Waals surface area contributed by atoms with Crippen molar-refractivity contribution in [2.45, 2.75) is 51.3 Å². The van der Waals surface area contributed by atoms with E-state index in [1.807, 2.05) is 0 Å². The number of nitrogens with one attached hydrogen (secondary N) is 1. The van der Waals surface area contributed by atoms with E-state index in [1.54, 1.807) is 0 Å². The summed E-state index contributed by atoms with van der Waals surface area (Å²) >= 11 is 2.11. The van der Waals surface area contributed by atoms with Crippen molar-refractivity contribution >= 4 is 11.8 Å². The highest BCUT2D eigenvalue weighted by Crippen LogP contribution is 2.29. The predicted molar refractivity (Wildman–Crippen MR) is 73.2 cm³/mol. The van der Waals surface area contributed by atoms with E-state index in [2.05, 4.69) is 37.8 Å². The van der Waals surface area contributed by atoms with E-state index >= 15 is 0 Å². The first kappa shape index (κ1) is 14.3. The quantitative estimate of drug-likeness (QED) is 0.664. The summed E-state index contributed by atoms with van der Waals surface area (Å²) < 4.78 is 5.58. The van der Waals surface area contributed by atoms with Crippen molar-refractivity contribution in [2.75, 3.05) is 25.5 Å². The molecule has 0 aromatic heterocycles. The van der Waals surface area contributed by atoms with Gasteiger partial charge in [0, 0.05) is 24.4 Å². The van der Waals surface area contributed by atoms with Crippen molar-refractivity contribution in [2.24, 2.45) is 5.92 Å². The number of thioether (sulfide) groups is 1. The van der Waals surface area contributed by atoms with Gasteiger partial charge in [-0.05, 0) is 24.5 Å². The Balaban J connectivity index is 2.03. The lowest BCUT2D eigenvalue weighted by Gasteiger charge is -2.20. The van der Waals surface area contributed by atoms with Gasteiger partial charge in [-0.15, -0.1) is 0 Å². The maximum absolute atomic E-state index is 5.58.